The highest BCUT2D eigenvalue weighted by molar-refractivity contribution is 6.30. The molecule has 2 aliphatic heterocycles. The van der Waals surface area contributed by atoms with Crippen molar-refractivity contribution in [3.63, 3.8) is 0 Å². The summed E-state index contributed by atoms with van der Waals surface area (Å²) in [6.07, 6.45) is 3.79. The number of piperidine rings is 1. The zero-order valence-electron chi connectivity index (χ0n) is 14.7. The number of hydrogen-bond donors (Lipinski definition) is 2. The van der Waals surface area contributed by atoms with Crippen molar-refractivity contribution in [3.8, 4) is 0 Å². The number of rotatable bonds is 3. The lowest BCUT2D eigenvalue weighted by Crippen LogP contribution is -2.52. The second-order valence-corrected chi connectivity index (χ2v) is 7.36. The Morgan fingerprint density at radius 2 is 1.77 bits per heavy atom. The number of urea groups is 1. The standard InChI is InChI=1S/C19H24ClN3O3/c20-15-6-4-13(5-7-15)17(24)14-8-11-23(12-9-14)19(26)22-16-3-1-2-10-21-18(16)25/h4-7,14,16H,1-3,8-12H2,(H,21,25)(H,22,26). The van der Waals surface area contributed by atoms with Crippen LogP contribution in [0.1, 0.15) is 42.5 Å². The molecule has 6 nitrogen and oxygen atoms in total. The third-order valence-electron chi connectivity index (χ3n) is 5.11. The van der Waals surface area contributed by atoms with E-state index in [9.17, 15) is 14.4 Å². The minimum Gasteiger partial charge on any atom is -0.354 e. The fourth-order valence-corrected chi connectivity index (χ4v) is 3.64. The molecule has 1 aromatic carbocycles. The molecule has 2 heterocycles. The Kier molecular flexibility index (Phi) is 6.14. The van der Waals surface area contributed by atoms with Crippen LogP contribution in [0.5, 0.6) is 0 Å². The summed E-state index contributed by atoms with van der Waals surface area (Å²) in [4.78, 5) is 38.7. The summed E-state index contributed by atoms with van der Waals surface area (Å²) in [5.41, 5.74) is 0.660. The van der Waals surface area contributed by atoms with Gasteiger partial charge in [0.25, 0.3) is 0 Å². The van der Waals surface area contributed by atoms with Crippen LogP contribution in [0.25, 0.3) is 0 Å². The number of nitrogens with one attached hydrogen (secondary N) is 2. The molecule has 0 saturated carbocycles. The highest BCUT2D eigenvalue weighted by atomic mass is 35.5. The number of halogens is 1. The third kappa shape index (κ3) is 4.55. The van der Waals surface area contributed by atoms with Crippen LogP contribution in [0.3, 0.4) is 0 Å². The summed E-state index contributed by atoms with van der Waals surface area (Å²) < 4.78 is 0. The number of Topliss-reactive ketones (excluding diaryl/α,β-unsaturated/α-hetero) is 1. The molecule has 3 amide bonds. The summed E-state index contributed by atoms with van der Waals surface area (Å²) in [6.45, 7) is 1.71. The number of ketones is 1. The van der Waals surface area contributed by atoms with Crippen LogP contribution in [-0.4, -0.2) is 48.3 Å². The molecule has 2 fully saturated rings. The number of hydrogen-bond acceptors (Lipinski definition) is 3. The maximum absolute atomic E-state index is 12.6. The van der Waals surface area contributed by atoms with E-state index in [0.29, 0.717) is 49.5 Å². The normalized spacial score (nSPS) is 21.7. The smallest absolute Gasteiger partial charge is 0.318 e. The first-order chi connectivity index (χ1) is 12.5. The summed E-state index contributed by atoms with van der Waals surface area (Å²) in [6, 6.07) is 6.25. The van der Waals surface area contributed by atoms with Gasteiger partial charge in [-0.25, -0.2) is 4.79 Å². The van der Waals surface area contributed by atoms with Gasteiger partial charge in [-0.15, -0.1) is 0 Å². The highest BCUT2D eigenvalue weighted by Crippen LogP contribution is 2.23. The van der Waals surface area contributed by atoms with Crippen molar-refractivity contribution in [2.75, 3.05) is 19.6 Å². The van der Waals surface area contributed by atoms with Crippen molar-refractivity contribution in [1.82, 2.24) is 15.5 Å². The molecule has 7 heteroatoms. The number of likely N-dealkylation sites (tertiary alicyclic amines) is 1. The number of nitrogens with zero attached hydrogens (tertiary/aromatic N) is 1. The van der Waals surface area contributed by atoms with E-state index in [1.54, 1.807) is 29.2 Å². The highest BCUT2D eigenvalue weighted by Gasteiger charge is 2.30. The summed E-state index contributed by atoms with van der Waals surface area (Å²) in [5, 5.41) is 6.26. The molecule has 0 bridgehead atoms. The van der Waals surface area contributed by atoms with Crippen LogP contribution in [0.15, 0.2) is 24.3 Å². The first kappa shape index (κ1) is 18.7. The second kappa shape index (κ2) is 8.54. The lowest BCUT2D eigenvalue weighted by atomic mass is 9.89. The van der Waals surface area contributed by atoms with E-state index in [-0.39, 0.29) is 23.6 Å². The molecule has 0 spiro atoms. The molecule has 140 valence electrons. The van der Waals surface area contributed by atoms with Crippen LogP contribution in [0.4, 0.5) is 4.79 Å². The Balaban J connectivity index is 1.51. The van der Waals surface area contributed by atoms with E-state index in [1.165, 1.54) is 0 Å². The van der Waals surface area contributed by atoms with Crippen molar-refractivity contribution >= 4 is 29.3 Å². The Bertz CT molecular complexity index is 669. The van der Waals surface area contributed by atoms with Crippen molar-refractivity contribution < 1.29 is 14.4 Å². The Morgan fingerprint density at radius 1 is 1.08 bits per heavy atom. The molecule has 2 N–H and O–H groups in total. The van der Waals surface area contributed by atoms with Gasteiger partial charge in [-0.05, 0) is 56.4 Å². The largest absolute Gasteiger partial charge is 0.354 e. The molecule has 0 aliphatic carbocycles. The fraction of sp³-hybridized carbons (Fsp3) is 0.526. The van der Waals surface area contributed by atoms with Crippen LogP contribution in [-0.2, 0) is 4.79 Å². The van der Waals surface area contributed by atoms with Crippen molar-refractivity contribution in [1.29, 1.82) is 0 Å². The van der Waals surface area contributed by atoms with E-state index < -0.39 is 6.04 Å². The van der Waals surface area contributed by atoms with Crippen LogP contribution in [0, 0.1) is 5.92 Å². The minimum absolute atomic E-state index is 0.0820. The molecule has 3 rings (SSSR count). The molecule has 1 unspecified atom stereocenters. The maximum Gasteiger partial charge on any atom is 0.318 e. The second-order valence-electron chi connectivity index (χ2n) is 6.92. The summed E-state index contributed by atoms with van der Waals surface area (Å²) >= 11 is 5.87. The third-order valence-corrected chi connectivity index (χ3v) is 5.37. The minimum atomic E-state index is -0.460. The van der Waals surface area contributed by atoms with E-state index in [0.717, 1.165) is 12.8 Å². The lowest BCUT2D eigenvalue weighted by molar-refractivity contribution is -0.122. The predicted octanol–water partition coefficient (Wildman–Crippen LogP) is 2.61. The van der Waals surface area contributed by atoms with Crippen LogP contribution >= 0.6 is 11.6 Å². The van der Waals surface area contributed by atoms with Gasteiger partial charge < -0.3 is 15.5 Å². The monoisotopic (exact) mass is 377 g/mol. The number of carbonyl (C=O) groups excluding carboxylic acids is 3. The fourth-order valence-electron chi connectivity index (χ4n) is 3.51. The zero-order valence-corrected chi connectivity index (χ0v) is 15.4. The zero-order chi connectivity index (χ0) is 18.5. The van der Waals surface area contributed by atoms with Gasteiger partial charge in [0.15, 0.2) is 5.78 Å². The SMILES string of the molecule is O=C(c1ccc(Cl)cc1)C1CCN(C(=O)NC2CCCCNC2=O)CC1. The Morgan fingerprint density at radius 3 is 2.46 bits per heavy atom. The molecular weight excluding hydrogens is 354 g/mol. The average molecular weight is 378 g/mol. The molecule has 0 aromatic heterocycles. The topological polar surface area (TPSA) is 78.5 Å². The maximum atomic E-state index is 12.6. The van der Waals surface area contributed by atoms with Crippen LogP contribution < -0.4 is 10.6 Å². The summed E-state index contributed by atoms with van der Waals surface area (Å²) in [7, 11) is 0. The molecule has 26 heavy (non-hydrogen) atoms. The molecular formula is C19H24ClN3O3. The van der Waals surface area contributed by atoms with Crippen molar-refractivity contribution in [2.24, 2.45) is 5.92 Å². The van der Waals surface area contributed by atoms with Gasteiger partial charge in [0, 0.05) is 36.1 Å². The van der Waals surface area contributed by atoms with Gasteiger partial charge in [0.1, 0.15) is 6.04 Å². The quantitative estimate of drug-likeness (QED) is 0.795. The van der Waals surface area contributed by atoms with Gasteiger partial charge in [0.2, 0.25) is 5.91 Å². The van der Waals surface area contributed by atoms with E-state index in [1.807, 2.05) is 0 Å². The average Bonchev–Trinajstić information content (AvgIpc) is 2.86. The van der Waals surface area contributed by atoms with E-state index in [4.69, 9.17) is 11.6 Å². The molecule has 2 saturated heterocycles. The molecule has 2 aliphatic rings. The first-order valence-corrected chi connectivity index (χ1v) is 9.55. The van der Waals surface area contributed by atoms with Gasteiger partial charge in [-0.3, -0.25) is 9.59 Å². The van der Waals surface area contributed by atoms with Gasteiger partial charge in [-0.2, -0.15) is 0 Å². The van der Waals surface area contributed by atoms with E-state index >= 15 is 0 Å². The number of carbonyl (C=O) groups is 3. The Hall–Kier alpha value is -2.08. The number of benzene rings is 1. The van der Waals surface area contributed by atoms with Gasteiger partial charge >= 0.3 is 6.03 Å². The van der Waals surface area contributed by atoms with Crippen LogP contribution in [0.2, 0.25) is 5.02 Å². The van der Waals surface area contributed by atoms with Gasteiger partial charge in [0.05, 0.1) is 0 Å². The van der Waals surface area contributed by atoms with Crippen molar-refractivity contribution in [3.05, 3.63) is 34.9 Å². The predicted molar refractivity (Wildman–Crippen MR) is 99.3 cm³/mol. The Labute approximate surface area is 158 Å². The number of amides is 3. The lowest BCUT2D eigenvalue weighted by Gasteiger charge is -2.32. The molecule has 1 atom stereocenters. The molecule has 0 radical (unpaired) electrons. The van der Waals surface area contributed by atoms with Crippen molar-refractivity contribution in [2.45, 2.75) is 38.1 Å². The van der Waals surface area contributed by atoms with Gasteiger partial charge in [-0.1, -0.05) is 11.6 Å². The van der Waals surface area contributed by atoms with E-state index in [2.05, 4.69) is 10.6 Å². The first-order valence-electron chi connectivity index (χ1n) is 9.17. The summed E-state index contributed by atoms with van der Waals surface area (Å²) in [5.74, 6) is -0.0880. The molecule has 1 aromatic rings.